The average molecular weight is 358 g/mol. The zero-order valence-electron chi connectivity index (χ0n) is 13.5. The van der Waals surface area contributed by atoms with E-state index in [2.05, 4.69) is 4.52 Å². The number of fused-ring (bicyclic) bond motifs is 1. The number of methoxy groups -OCH3 is 1. The molecule has 1 aliphatic heterocycles. The molecular weight excluding hydrogens is 339 g/mol. The summed E-state index contributed by atoms with van der Waals surface area (Å²) in [5.41, 5.74) is 2.41. The highest BCUT2D eigenvalue weighted by molar-refractivity contribution is 7.46. The van der Waals surface area contributed by atoms with Gasteiger partial charge in [-0.05, 0) is 25.8 Å². The SMILES string of the molecule is COc1c(C)c2c(c(O)c1CC=C(C)COP(=O)(O)O)C(=O)OC2. The van der Waals surface area contributed by atoms with Crippen molar-refractivity contribution in [2.45, 2.75) is 26.9 Å². The molecule has 24 heavy (non-hydrogen) atoms. The van der Waals surface area contributed by atoms with Crippen LogP contribution in [0.2, 0.25) is 0 Å². The Bertz CT molecular complexity index is 747. The molecule has 0 bridgehead atoms. The number of carbonyl (C=O) groups is 1. The van der Waals surface area contributed by atoms with Crippen LogP contribution in [0.1, 0.15) is 34.0 Å². The first kappa shape index (κ1) is 18.5. The zero-order valence-corrected chi connectivity index (χ0v) is 14.4. The molecule has 0 atom stereocenters. The first-order valence-electron chi connectivity index (χ1n) is 7.09. The summed E-state index contributed by atoms with van der Waals surface area (Å²) in [6.07, 6.45) is 1.84. The molecule has 1 heterocycles. The van der Waals surface area contributed by atoms with Crippen molar-refractivity contribution < 1.29 is 38.3 Å². The molecular formula is C15H19O8P. The van der Waals surface area contributed by atoms with Gasteiger partial charge in [-0.3, -0.25) is 4.52 Å². The number of cyclic esters (lactones) is 1. The van der Waals surface area contributed by atoms with Crippen molar-refractivity contribution >= 4 is 13.8 Å². The second-order valence-corrected chi connectivity index (χ2v) is 6.67. The molecule has 3 N–H and O–H groups in total. The Morgan fingerprint density at radius 3 is 2.67 bits per heavy atom. The summed E-state index contributed by atoms with van der Waals surface area (Å²) in [5.74, 6) is -0.334. The number of phenols is 1. The Balaban J connectivity index is 2.34. The second-order valence-electron chi connectivity index (χ2n) is 5.43. The third-order valence-electron chi connectivity index (χ3n) is 3.76. The van der Waals surface area contributed by atoms with Crippen LogP contribution in [0.25, 0.3) is 0 Å². The fourth-order valence-electron chi connectivity index (χ4n) is 2.55. The molecule has 0 aromatic heterocycles. The van der Waals surface area contributed by atoms with Crippen LogP contribution in [0.3, 0.4) is 0 Å². The van der Waals surface area contributed by atoms with Gasteiger partial charge in [0.25, 0.3) is 0 Å². The van der Waals surface area contributed by atoms with Crippen molar-refractivity contribution in [1.82, 2.24) is 0 Å². The van der Waals surface area contributed by atoms with Crippen LogP contribution in [-0.4, -0.2) is 34.6 Å². The van der Waals surface area contributed by atoms with E-state index in [1.165, 1.54) is 7.11 Å². The number of hydrogen-bond acceptors (Lipinski definition) is 6. The second kappa shape index (κ2) is 6.94. The van der Waals surface area contributed by atoms with Gasteiger partial charge in [-0.1, -0.05) is 11.6 Å². The van der Waals surface area contributed by atoms with Gasteiger partial charge >= 0.3 is 13.8 Å². The topological polar surface area (TPSA) is 123 Å². The maximum atomic E-state index is 11.8. The van der Waals surface area contributed by atoms with E-state index in [0.717, 1.165) is 0 Å². The van der Waals surface area contributed by atoms with Crippen LogP contribution in [0.5, 0.6) is 11.5 Å². The molecule has 0 aliphatic carbocycles. The first-order chi connectivity index (χ1) is 11.2. The summed E-state index contributed by atoms with van der Waals surface area (Å²) in [7, 11) is -3.08. The smallest absolute Gasteiger partial charge is 0.469 e. The quantitative estimate of drug-likeness (QED) is 0.401. The highest BCUT2D eigenvalue weighted by Crippen LogP contribution is 2.42. The lowest BCUT2D eigenvalue weighted by Crippen LogP contribution is -2.03. The van der Waals surface area contributed by atoms with Crippen LogP contribution >= 0.6 is 7.82 Å². The molecule has 0 unspecified atom stereocenters. The number of phenolic OH excluding ortho intramolecular Hbond substituents is 1. The minimum atomic E-state index is -4.54. The van der Waals surface area contributed by atoms with Crippen molar-refractivity contribution in [3.05, 3.63) is 33.9 Å². The molecule has 1 aromatic carbocycles. The summed E-state index contributed by atoms with van der Waals surface area (Å²) in [4.78, 5) is 29.2. The average Bonchev–Trinajstić information content (AvgIpc) is 2.89. The molecule has 0 spiro atoms. The third kappa shape index (κ3) is 3.79. The summed E-state index contributed by atoms with van der Waals surface area (Å²) >= 11 is 0. The van der Waals surface area contributed by atoms with Crippen molar-refractivity contribution in [2.75, 3.05) is 13.7 Å². The van der Waals surface area contributed by atoms with Gasteiger partial charge in [-0.15, -0.1) is 0 Å². The molecule has 0 fully saturated rings. The van der Waals surface area contributed by atoms with Gasteiger partial charge in [0.15, 0.2) is 0 Å². The molecule has 132 valence electrons. The van der Waals surface area contributed by atoms with E-state index in [1.807, 2.05) is 0 Å². The minimum Gasteiger partial charge on any atom is -0.507 e. The molecule has 1 aliphatic rings. The number of esters is 1. The van der Waals surface area contributed by atoms with Crippen molar-refractivity contribution in [2.24, 2.45) is 0 Å². The van der Waals surface area contributed by atoms with E-state index in [4.69, 9.17) is 19.3 Å². The molecule has 0 radical (unpaired) electrons. The highest BCUT2D eigenvalue weighted by Gasteiger charge is 2.31. The Hall–Kier alpha value is -1.86. The Labute approximate surface area is 138 Å². The minimum absolute atomic E-state index is 0.0925. The maximum absolute atomic E-state index is 11.8. The fourth-order valence-corrected chi connectivity index (χ4v) is 2.92. The standard InChI is InChI=1S/C15H19O8P/c1-8(6-23-24(18,19)20)4-5-10-13(16)12-11(7-22-15(12)17)9(2)14(10)21-3/h4,16H,5-7H2,1-3H3,(H2,18,19,20). The van der Waals surface area contributed by atoms with Crippen LogP contribution in [0.15, 0.2) is 11.6 Å². The summed E-state index contributed by atoms with van der Waals surface area (Å²) < 4.78 is 25.4. The number of hydrogen-bond donors (Lipinski definition) is 3. The number of aromatic hydroxyl groups is 1. The largest absolute Gasteiger partial charge is 0.507 e. The van der Waals surface area contributed by atoms with Crippen molar-refractivity contribution in [3.8, 4) is 11.5 Å². The Kier molecular flexibility index (Phi) is 5.35. The number of carbonyl (C=O) groups excluding carboxylic acids is 1. The normalized spacial score (nSPS) is 14.5. The highest BCUT2D eigenvalue weighted by atomic mass is 31.2. The van der Waals surface area contributed by atoms with Crippen LogP contribution in [0, 0.1) is 6.92 Å². The molecule has 0 saturated heterocycles. The molecule has 0 saturated carbocycles. The number of benzene rings is 1. The molecule has 1 aromatic rings. The fraction of sp³-hybridized carbons (Fsp3) is 0.400. The molecule has 8 nitrogen and oxygen atoms in total. The van der Waals surface area contributed by atoms with E-state index >= 15 is 0 Å². The van der Waals surface area contributed by atoms with Gasteiger partial charge in [0, 0.05) is 11.1 Å². The number of rotatable bonds is 6. The Morgan fingerprint density at radius 1 is 1.42 bits per heavy atom. The van der Waals surface area contributed by atoms with E-state index in [9.17, 15) is 14.5 Å². The van der Waals surface area contributed by atoms with Crippen LogP contribution < -0.4 is 4.74 Å². The monoisotopic (exact) mass is 358 g/mol. The summed E-state index contributed by atoms with van der Waals surface area (Å²) in [6, 6.07) is 0. The summed E-state index contributed by atoms with van der Waals surface area (Å²) in [5, 5.41) is 10.4. The lowest BCUT2D eigenvalue weighted by atomic mass is 9.95. The predicted octanol–water partition coefficient (Wildman–Crippen LogP) is 1.98. The summed E-state index contributed by atoms with van der Waals surface area (Å²) in [6.45, 7) is 3.25. The molecule has 2 rings (SSSR count). The van der Waals surface area contributed by atoms with Gasteiger partial charge in [-0.2, -0.15) is 0 Å². The van der Waals surface area contributed by atoms with Crippen LogP contribution in [0.4, 0.5) is 0 Å². The van der Waals surface area contributed by atoms with E-state index in [1.54, 1.807) is 19.9 Å². The van der Waals surface area contributed by atoms with E-state index < -0.39 is 13.8 Å². The van der Waals surface area contributed by atoms with E-state index in [0.29, 0.717) is 28.0 Å². The molecule has 9 heteroatoms. The third-order valence-corrected chi connectivity index (χ3v) is 4.23. The van der Waals surface area contributed by atoms with Gasteiger partial charge < -0.3 is 24.4 Å². The number of allylic oxidation sites excluding steroid dienone is 1. The number of phosphoric acid groups is 1. The van der Waals surface area contributed by atoms with Crippen LogP contribution in [-0.2, 0) is 26.9 Å². The van der Waals surface area contributed by atoms with E-state index in [-0.39, 0.29) is 30.9 Å². The number of ether oxygens (including phenoxy) is 2. The zero-order chi connectivity index (χ0) is 18.1. The van der Waals surface area contributed by atoms with Gasteiger partial charge in [0.05, 0.1) is 13.7 Å². The van der Waals surface area contributed by atoms with Crippen molar-refractivity contribution in [1.29, 1.82) is 0 Å². The Morgan fingerprint density at radius 2 is 2.08 bits per heavy atom. The van der Waals surface area contributed by atoms with Gasteiger partial charge in [-0.25, -0.2) is 9.36 Å². The first-order valence-corrected chi connectivity index (χ1v) is 8.62. The number of phosphoric ester groups is 1. The predicted molar refractivity (Wildman–Crippen MR) is 84.0 cm³/mol. The molecule has 0 amide bonds. The lowest BCUT2D eigenvalue weighted by Gasteiger charge is -2.15. The van der Waals surface area contributed by atoms with Gasteiger partial charge in [0.2, 0.25) is 0 Å². The lowest BCUT2D eigenvalue weighted by molar-refractivity contribution is 0.0532. The van der Waals surface area contributed by atoms with Gasteiger partial charge in [0.1, 0.15) is 23.7 Å². The maximum Gasteiger partial charge on any atom is 0.469 e. The van der Waals surface area contributed by atoms with Crippen molar-refractivity contribution in [3.63, 3.8) is 0 Å².